The molecule has 2 saturated carbocycles. The summed E-state index contributed by atoms with van der Waals surface area (Å²) in [6.07, 6.45) is -4.71. The Balaban J connectivity index is 1.82. The van der Waals surface area contributed by atoms with Gasteiger partial charge in [-0.2, -0.15) is 26.3 Å². The summed E-state index contributed by atoms with van der Waals surface area (Å²) in [4.78, 5) is 0. The van der Waals surface area contributed by atoms with Crippen molar-refractivity contribution in [1.82, 2.24) is 0 Å². The van der Waals surface area contributed by atoms with Gasteiger partial charge in [0.15, 0.2) is 8.32 Å². The fraction of sp³-hybridized carbons (Fsp3) is 0.840. The summed E-state index contributed by atoms with van der Waals surface area (Å²) in [6.45, 7) is 13.2. The average Bonchev–Trinajstić information content (AvgIpc) is 3.32. The summed E-state index contributed by atoms with van der Waals surface area (Å²) in [7, 11) is -2.00. The molecule has 0 aromatic rings. The van der Waals surface area contributed by atoms with Gasteiger partial charge in [0.05, 0.1) is 0 Å². The number of halogens is 6. The van der Waals surface area contributed by atoms with Gasteiger partial charge in [-0.15, -0.1) is 0 Å². The lowest BCUT2D eigenvalue weighted by Crippen LogP contribution is -2.55. The molecule has 2 nitrogen and oxygen atoms in total. The van der Waals surface area contributed by atoms with Crippen molar-refractivity contribution in [2.75, 3.05) is 0 Å². The molecule has 9 heteroatoms. The highest BCUT2D eigenvalue weighted by molar-refractivity contribution is 6.74. The van der Waals surface area contributed by atoms with E-state index in [4.69, 9.17) is 4.43 Å². The molecule has 3 aliphatic rings. The van der Waals surface area contributed by atoms with Gasteiger partial charge in [-0.3, -0.25) is 0 Å². The number of fused-ring (bicyclic) bond motifs is 1. The maximum absolute atomic E-state index is 13.0. The largest absolute Gasteiger partial charge is 0.438 e. The second-order valence-corrected chi connectivity index (χ2v) is 16.9. The van der Waals surface area contributed by atoms with Gasteiger partial charge in [0.25, 0.3) is 0 Å². The summed E-state index contributed by atoms with van der Waals surface area (Å²) in [5, 5.41) is 9.43. The van der Waals surface area contributed by atoms with Crippen LogP contribution in [0.1, 0.15) is 72.6 Å². The Morgan fingerprint density at radius 3 is 2.09 bits per heavy atom. The molecule has 0 saturated heterocycles. The summed E-state index contributed by atoms with van der Waals surface area (Å²) >= 11 is 0. The zero-order chi connectivity index (χ0) is 26.0. The Morgan fingerprint density at radius 1 is 1.06 bits per heavy atom. The van der Waals surface area contributed by atoms with Crippen molar-refractivity contribution >= 4 is 8.32 Å². The molecule has 0 amide bonds. The van der Waals surface area contributed by atoms with Crippen LogP contribution in [-0.2, 0) is 4.43 Å². The molecule has 3 atom stereocenters. The summed E-state index contributed by atoms with van der Waals surface area (Å²) in [5.41, 5.74) is -4.61. The molecule has 3 rings (SSSR count). The molecule has 1 N–H and O–H groups in total. The number of rotatable bonds is 4. The Morgan fingerprint density at radius 2 is 1.62 bits per heavy atom. The van der Waals surface area contributed by atoms with E-state index in [9.17, 15) is 31.4 Å². The molecule has 0 radical (unpaired) electrons. The monoisotopic (exact) mass is 510 g/mol. The topological polar surface area (TPSA) is 29.5 Å². The minimum absolute atomic E-state index is 0.0662. The van der Waals surface area contributed by atoms with Gasteiger partial charge in [-0.25, -0.2) is 0 Å². The summed E-state index contributed by atoms with van der Waals surface area (Å²) < 4.78 is 84.7. The fourth-order valence-corrected chi connectivity index (χ4v) is 6.94. The molecule has 1 unspecified atom stereocenters. The van der Waals surface area contributed by atoms with Crippen LogP contribution < -0.4 is 0 Å². The van der Waals surface area contributed by atoms with Crippen LogP contribution in [0, 0.1) is 28.6 Å². The average molecular weight is 511 g/mol. The molecule has 0 bridgehead atoms. The lowest BCUT2D eigenvalue weighted by atomic mass is 9.62. The van der Waals surface area contributed by atoms with Crippen LogP contribution in [0.2, 0.25) is 18.1 Å². The Bertz CT molecular complexity index is 868. The molecule has 3 aliphatic carbocycles. The van der Waals surface area contributed by atoms with E-state index in [0.29, 0.717) is 12.8 Å². The SMILES string of the molecule is CC(C)(C)[Si](C)(C)O[C@H]1CCC[C@@]2(C)C(C3(CC#CC(O)(C(F)(F)F)C(F)(F)F)CC3)=CCC12. The second kappa shape index (κ2) is 8.27. The number of aliphatic hydroxyl groups is 1. The van der Waals surface area contributed by atoms with Crippen molar-refractivity contribution in [1.29, 1.82) is 0 Å². The smallest absolute Gasteiger partial charge is 0.414 e. The van der Waals surface area contributed by atoms with Crippen LogP contribution in [0.4, 0.5) is 26.3 Å². The highest BCUT2D eigenvalue weighted by Crippen LogP contribution is 2.67. The number of alkyl halides is 6. The summed E-state index contributed by atoms with van der Waals surface area (Å²) in [5.74, 6) is 3.49. The molecule has 34 heavy (non-hydrogen) atoms. The van der Waals surface area contributed by atoms with E-state index in [-0.39, 0.29) is 28.9 Å². The van der Waals surface area contributed by atoms with Gasteiger partial charge in [0.2, 0.25) is 0 Å². The van der Waals surface area contributed by atoms with E-state index in [1.54, 1.807) is 0 Å². The zero-order valence-electron chi connectivity index (χ0n) is 20.8. The molecule has 0 spiro atoms. The normalized spacial score (nSPS) is 29.7. The van der Waals surface area contributed by atoms with Crippen molar-refractivity contribution in [3.05, 3.63) is 11.6 Å². The number of allylic oxidation sites excluding steroid dienone is 2. The van der Waals surface area contributed by atoms with Gasteiger partial charge in [-0.05, 0) is 67.5 Å². The van der Waals surface area contributed by atoms with E-state index in [1.807, 2.05) is 0 Å². The first-order valence-corrected chi connectivity index (χ1v) is 14.9. The third-order valence-electron chi connectivity index (χ3n) is 8.84. The van der Waals surface area contributed by atoms with Crippen LogP contribution in [0.15, 0.2) is 11.6 Å². The lowest BCUT2D eigenvalue weighted by molar-refractivity contribution is -0.343. The quantitative estimate of drug-likeness (QED) is 0.183. The first-order valence-electron chi connectivity index (χ1n) is 12.0. The molecular formula is C25H36F6O2Si. The standard InChI is InChI=1S/C25H36F6O2Si/c1-20(2,3)34(5,6)33-18-9-7-12-21(4)17(18)10-11-19(21)22(15-16-22)13-8-14-23(32,24(26,27)28)25(29,30)31/h11,17-18,32H,7,9-10,12-13,15-16H2,1-6H3/t17?,18-,21+/m0/s1. The zero-order valence-corrected chi connectivity index (χ0v) is 21.8. The Labute approximate surface area is 199 Å². The predicted molar refractivity (Wildman–Crippen MR) is 121 cm³/mol. The molecular weight excluding hydrogens is 474 g/mol. The van der Waals surface area contributed by atoms with E-state index in [1.165, 1.54) is 0 Å². The maximum atomic E-state index is 13.0. The molecule has 0 heterocycles. The van der Waals surface area contributed by atoms with Crippen LogP contribution in [0.25, 0.3) is 0 Å². The molecule has 194 valence electrons. The minimum atomic E-state index is -5.92. The highest BCUT2D eigenvalue weighted by atomic mass is 28.4. The summed E-state index contributed by atoms with van der Waals surface area (Å²) in [6, 6.07) is 0. The third kappa shape index (κ3) is 4.59. The van der Waals surface area contributed by atoms with Crippen molar-refractivity contribution in [2.24, 2.45) is 16.7 Å². The van der Waals surface area contributed by atoms with Gasteiger partial charge >= 0.3 is 18.0 Å². The van der Waals surface area contributed by atoms with Crippen LogP contribution >= 0.6 is 0 Å². The molecule has 0 aromatic heterocycles. The Hall–Kier alpha value is -0.983. The van der Waals surface area contributed by atoms with Crippen molar-refractivity contribution in [2.45, 2.75) is 115 Å². The number of hydrogen-bond acceptors (Lipinski definition) is 2. The minimum Gasteiger partial charge on any atom is -0.414 e. The van der Waals surface area contributed by atoms with Gasteiger partial charge in [0, 0.05) is 17.9 Å². The van der Waals surface area contributed by atoms with Gasteiger partial charge in [-0.1, -0.05) is 51.7 Å². The Kier molecular flexibility index (Phi) is 6.72. The first kappa shape index (κ1) is 27.6. The third-order valence-corrected chi connectivity index (χ3v) is 13.3. The molecule has 2 fully saturated rings. The number of hydrogen-bond donors (Lipinski definition) is 1. The fourth-order valence-electron chi connectivity index (χ4n) is 5.55. The second-order valence-electron chi connectivity index (χ2n) is 12.2. The van der Waals surface area contributed by atoms with E-state index in [2.05, 4.69) is 52.8 Å². The van der Waals surface area contributed by atoms with Crippen molar-refractivity contribution in [3.8, 4) is 11.8 Å². The lowest BCUT2D eigenvalue weighted by Gasteiger charge is -2.49. The highest BCUT2D eigenvalue weighted by Gasteiger charge is 2.70. The van der Waals surface area contributed by atoms with Crippen LogP contribution in [-0.4, -0.2) is 37.5 Å². The van der Waals surface area contributed by atoms with E-state index < -0.39 is 31.7 Å². The predicted octanol–water partition coefficient (Wildman–Crippen LogP) is 7.54. The van der Waals surface area contributed by atoms with E-state index in [0.717, 1.165) is 37.2 Å². The van der Waals surface area contributed by atoms with Crippen molar-refractivity contribution in [3.63, 3.8) is 0 Å². The van der Waals surface area contributed by atoms with Gasteiger partial charge < -0.3 is 9.53 Å². The van der Waals surface area contributed by atoms with Crippen molar-refractivity contribution < 1.29 is 35.9 Å². The molecule has 0 aromatic carbocycles. The van der Waals surface area contributed by atoms with Crippen LogP contribution in [0.5, 0.6) is 0 Å². The van der Waals surface area contributed by atoms with Crippen LogP contribution in [0.3, 0.4) is 0 Å². The van der Waals surface area contributed by atoms with E-state index >= 15 is 0 Å². The molecule has 0 aliphatic heterocycles. The first-order chi connectivity index (χ1) is 15.2. The maximum Gasteiger partial charge on any atom is 0.438 e. The van der Waals surface area contributed by atoms with Gasteiger partial charge in [0.1, 0.15) is 0 Å².